The summed E-state index contributed by atoms with van der Waals surface area (Å²) in [7, 11) is 0. The first-order valence-corrected chi connectivity index (χ1v) is 8.39. The molecule has 1 aliphatic carbocycles. The van der Waals surface area contributed by atoms with Gasteiger partial charge < -0.3 is 15.5 Å². The predicted molar refractivity (Wildman–Crippen MR) is 91.4 cm³/mol. The van der Waals surface area contributed by atoms with Crippen molar-refractivity contribution >= 4 is 23.2 Å². The second-order valence-corrected chi connectivity index (χ2v) is 6.66. The van der Waals surface area contributed by atoms with Crippen molar-refractivity contribution in [1.29, 1.82) is 5.26 Å². The van der Waals surface area contributed by atoms with E-state index in [0.29, 0.717) is 13.0 Å². The van der Waals surface area contributed by atoms with E-state index in [1.807, 2.05) is 24.3 Å². The average Bonchev–Trinajstić information content (AvgIpc) is 3.36. The molecule has 2 aliphatic rings. The number of carbonyl (C=O) groups excluding carboxylic acids is 2. The van der Waals surface area contributed by atoms with Crippen molar-refractivity contribution in [3.63, 3.8) is 0 Å². The first-order chi connectivity index (χ1) is 11.5. The minimum absolute atomic E-state index is 0.0725. The van der Waals surface area contributed by atoms with Gasteiger partial charge in [0.2, 0.25) is 11.8 Å². The molecule has 2 amide bonds. The third-order valence-electron chi connectivity index (χ3n) is 4.73. The molecule has 2 N–H and O–H groups in total. The fourth-order valence-corrected chi connectivity index (χ4v) is 3.15. The maximum absolute atomic E-state index is 12.2. The topological polar surface area (TPSA) is 85.2 Å². The Bertz CT molecular complexity index is 693. The lowest BCUT2D eigenvalue weighted by atomic mass is 9.98. The molecule has 2 fully saturated rings. The standard InChI is InChI=1S/C18H22N4O2/c1-18(12-19,13-8-9-13)21-16(23)11-20-14-5-2-3-6-15(14)22-10-4-7-17(22)24/h2-3,5-6,13,20H,4,7-11H2,1H3,(H,21,23). The first-order valence-electron chi connectivity index (χ1n) is 8.39. The lowest BCUT2D eigenvalue weighted by molar-refractivity contribution is -0.120. The number of hydrogen-bond donors (Lipinski definition) is 2. The van der Waals surface area contributed by atoms with Crippen molar-refractivity contribution in [2.75, 3.05) is 23.3 Å². The van der Waals surface area contributed by atoms with Crippen LogP contribution in [0.5, 0.6) is 0 Å². The highest BCUT2D eigenvalue weighted by Gasteiger charge is 2.42. The zero-order valence-corrected chi connectivity index (χ0v) is 13.8. The van der Waals surface area contributed by atoms with Crippen LogP contribution in [-0.2, 0) is 9.59 Å². The highest BCUT2D eigenvalue weighted by molar-refractivity contribution is 5.98. The number of nitrogens with zero attached hydrogens (tertiary/aromatic N) is 2. The number of benzene rings is 1. The van der Waals surface area contributed by atoms with E-state index >= 15 is 0 Å². The zero-order valence-electron chi connectivity index (χ0n) is 13.8. The van der Waals surface area contributed by atoms with Crippen LogP contribution in [0, 0.1) is 17.2 Å². The summed E-state index contributed by atoms with van der Waals surface area (Å²) < 4.78 is 0. The van der Waals surface area contributed by atoms with Crippen molar-refractivity contribution in [1.82, 2.24) is 5.32 Å². The van der Waals surface area contributed by atoms with Gasteiger partial charge in [0.05, 0.1) is 24.0 Å². The van der Waals surface area contributed by atoms with Crippen LogP contribution in [0.1, 0.15) is 32.6 Å². The Labute approximate surface area is 141 Å². The quantitative estimate of drug-likeness (QED) is 0.837. The van der Waals surface area contributed by atoms with Crippen LogP contribution in [0.15, 0.2) is 24.3 Å². The van der Waals surface area contributed by atoms with Gasteiger partial charge in [-0.05, 0) is 44.2 Å². The summed E-state index contributed by atoms with van der Waals surface area (Å²) in [6.45, 7) is 2.56. The van der Waals surface area contributed by atoms with Gasteiger partial charge in [0.25, 0.3) is 0 Å². The van der Waals surface area contributed by atoms with Gasteiger partial charge in [0.15, 0.2) is 0 Å². The third kappa shape index (κ3) is 3.35. The Balaban J connectivity index is 1.63. The smallest absolute Gasteiger partial charge is 0.240 e. The summed E-state index contributed by atoms with van der Waals surface area (Å²) >= 11 is 0. The van der Waals surface area contributed by atoms with Crippen LogP contribution in [0.2, 0.25) is 0 Å². The van der Waals surface area contributed by atoms with E-state index in [0.717, 1.165) is 30.6 Å². The maximum atomic E-state index is 12.2. The number of hydrogen-bond acceptors (Lipinski definition) is 4. The van der Waals surface area contributed by atoms with E-state index in [9.17, 15) is 14.9 Å². The molecule has 126 valence electrons. The molecule has 1 aromatic rings. The van der Waals surface area contributed by atoms with Crippen LogP contribution in [-0.4, -0.2) is 30.4 Å². The van der Waals surface area contributed by atoms with Crippen molar-refractivity contribution in [2.24, 2.45) is 5.92 Å². The fourth-order valence-electron chi connectivity index (χ4n) is 3.15. The Hall–Kier alpha value is -2.55. The van der Waals surface area contributed by atoms with E-state index in [-0.39, 0.29) is 24.3 Å². The number of amides is 2. The normalized spacial score (nSPS) is 19.5. The van der Waals surface area contributed by atoms with Crippen LogP contribution >= 0.6 is 0 Å². The Morgan fingerprint density at radius 1 is 1.42 bits per heavy atom. The van der Waals surface area contributed by atoms with Gasteiger partial charge in [0.1, 0.15) is 5.54 Å². The molecule has 0 aromatic heterocycles. The van der Waals surface area contributed by atoms with E-state index in [4.69, 9.17) is 0 Å². The predicted octanol–water partition coefficient (Wildman–Crippen LogP) is 2.03. The highest BCUT2D eigenvalue weighted by Crippen LogP contribution is 2.39. The van der Waals surface area contributed by atoms with E-state index < -0.39 is 5.54 Å². The van der Waals surface area contributed by atoms with Gasteiger partial charge in [-0.2, -0.15) is 5.26 Å². The van der Waals surface area contributed by atoms with E-state index in [1.165, 1.54) is 0 Å². The monoisotopic (exact) mass is 326 g/mol. The van der Waals surface area contributed by atoms with Crippen LogP contribution in [0.4, 0.5) is 11.4 Å². The molecule has 0 bridgehead atoms. The van der Waals surface area contributed by atoms with Crippen LogP contribution < -0.4 is 15.5 Å². The fraction of sp³-hybridized carbons (Fsp3) is 0.500. The highest BCUT2D eigenvalue weighted by atomic mass is 16.2. The van der Waals surface area contributed by atoms with Gasteiger partial charge in [-0.25, -0.2) is 0 Å². The number of nitrogens with one attached hydrogen (secondary N) is 2. The van der Waals surface area contributed by atoms with E-state index in [1.54, 1.807) is 11.8 Å². The molecule has 1 atom stereocenters. The van der Waals surface area contributed by atoms with Gasteiger partial charge in [-0.15, -0.1) is 0 Å². The lowest BCUT2D eigenvalue weighted by Crippen LogP contribution is -2.48. The van der Waals surface area contributed by atoms with Gasteiger partial charge >= 0.3 is 0 Å². The SMILES string of the molecule is CC(C#N)(NC(=O)CNc1ccccc1N1CCCC1=O)C1CC1. The number of anilines is 2. The molecule has 0 radical (unpaired) electrons. The van der Waals surface area contributed by atoms with Crippen molar-refractivity contribution in [3.05, 3.63) is 24.3 Å². The summed E-state index contributed by atoms with van der Waals surface area (Å²) in [5.74, 6) is 0.147. The average molecular weight is 326 g/mol. The van der Waals surface area contributed by atoms with Crippen molar-refractivity contribution in [3.8, 4) is 6.07 Å². The van der Waals surface area contributed by atoms with Crippen molar-refractivity contribution < 1.29 is 9.59 Å². The van der Waals surface area contributed by atoms with E-state index in [2.05, 4.69) is 16.7 Å². The largest absolute Gasteiger partial charge is 0.374 e. The number of rotatable bonds is 6. The summed E-state index contributed by atoms with van der Waals surface area (Å²) in [6.07, 6.45) is 3.39. The zero-order chi connectivity index (χ0) is 17.2. The Morgan fingerprint density at radius 3 is 2.79 bits per heavy atom. The molecule has 1 unspecified atom stereocenters. The lowest BCUT2D eigenvalue weighted by Gasteiger charge is -2.24. The van der Waals surface area contributed by atoms with Gasteiger partial charge in [-0.3, -0.25) is 9.59 Å². The Kier molecular flexibility index (Phi) is 4.43. The summed E-state index contributed by atoms with van der Waals surface area (Å²) in [5.41, 5.74) is 0.773. The summed E-state index contributed by atoms with van der Waals surface area (Å²) in [5, 5.41) is 15.2. The van der Waals surface area contributed by atoms with Crippen molar-refractivity contribution in [2.45, 2.75) is 38.1 Å². The second kappa shape index (κ2) is 6.52. The number of nitriles is 1. The minimum Gasteiger partial charge on any atom is -0.374 e. The molecule has 0 spiro atoms. The molecular formula is C18H22N4O2. The number of para-hydroxylation sites is 2. The number of carbonyl (C=O) groups is 2. The van der Waals surface area contributed by atoms with Crippen LogP contribution in [0.25, 0.3) is 0 Å². The molecule has 1 aromatic carbocycles. The Morgan fingerprint density at radius 2 is 2.17 bits per heavy atom. The third-order valence-corrected chi connectivity index (χ3v) is 4.73. The first kappa shape index (κ1) is 16.3. The molecule has 6 heteroatoms. The molecule has 1 aliphatic heterocycles. The molecule has 1 heterocycles. The molecule has 1 saturated carbocycles. The molecule has 6 nitrogen and oxygen atoms in total. The minimum atomic E-state index is -0.788. The molecular weight excluding hydrogens is 304 g/mol. The van der Waals surface area contributed by atoms with Gasteiger partial charge in [0, 0.05) is 13.0 Å². The molecule has 24 heavy (non-hydrogen) atoms. The van der Waals surface area contributed by atoms with Gasteiger partial charge in [-0.1, -0.05) is 12.1 Å². The summed E-state index contributed by atoms with van der Waals surface area (Å²) in [4.78, 5) is 25.9. The molecule has 3 rings (SSSR count). The second-order valence-electron chi connectivity index (χ2n) is 6.66. The molecule has 1 saturated heterocycles. The van der Waals surface area contributed by atoms with Crippen LogP contribution in [0.3, 0.4) is 0 Å². The summed E-state index contributed by atoms with van der Waals surface area (Å²) in [6, 6.07) is 9.71. The maximum Gasteiger partial charge on any atom is 0.240 e.